The van der Waals surface area contributed by atoms with E-state index >= 15 is 0 Å². The third kappa shape index (κ3) is 8.79. The van der Waals surface area contributed by atoms with Gasteiger partial charge in [0, 0.05) is 12.5 Å². The number of nitrogens with zero attached hydrogens (tertiary/aromatic N) is 1. The van der Waals surface area contributed by atoms with Gasteiger partial charge in [0.05, 0.1) is 12.7 Å². The van der Waals surface area contributed by atoms with Gasteiger partial charge >= 0.3 is 5.97 Å². The van der Waals surface area contributed by atoms with Crippen LogP contribution in [0.5, 0.6) is 0 Å². The van der Waals surface area contributed by atoms with E-state index in [0.717, 1.165) is 25.7 Å². The van der Waals surface area contributed by atoms with Gasteiger partial charge in [-0.3, -0.25) is 0 Å². The maximum atomic E-state index is 11.0. The van der Waals surface area contributed by atoms with Gasteiger partial charge in [-0.15, -0.1) is 0 Å². The number of allylic oxidation sites excluding steroid dienone is 1. The van der Waals surface area contributed by atoms with Crippen LogP contribution in [0.4, 0.5) is 0 Å². The molecule has 0 bridgehead atoms. The van der Waals surface area contributed by atoms with Crippen LogP contribution in [0.15, 0.2) is 12.2 Å². The lowest BCUT2D eigenvalue weighted by Crippen LogP contribution is -2.01. The lowest BCUT2D eigenvalue weighted by molar-refractivity contribution is -0.137. The molecule has 78 valence electrons. The number of hydrogen-bond donors (Lipinski definition) is 0. The van der Waals surface area contributed by atoms with Crippen LogP contribution in [-0.2, 0) is 9.53 Å². The predicted octanol–water partition coefficient (Wildman–Crippen LogP) is 2.58. The molecule has 0 aliphatic carbocycles. The van der Waals surface area contributed by atoms with E-state index in [9.17, 15) is 4.79 Å². The number of nitriles is 1. The van der Waals surface area contributed by atoms with Crippen LogP contribution in [0.1, 0.15) is 39.0 Å². The molecule has 0 aromatic carbocycles. The van der Waals surface area contributed by atoms with E-state index in [4.69, 9.17) is 10.00 Å². The number of hydrogen-bond acceptors (Lipinski definition) is 3. The highest BCUT2D eigenvalue weighted by molar-refractivity contribution is 5.81. The predicted molar refractivity (Wildman–Crippen MR) is 54.5 cm³/mol. The number of rotatable bonds is 7. The quantitative estimate of drug-likeness (QED) is 0.356. The van der Waals surface area contributed by atoms with Gasteiger partial charge in [-0.1, -0.05) is 19.4 Å². The minimum atomic E-state index is -0.282. The molecule has 0 aromatic rings. The first-order chi connectivity index (χ1) is 6.81. The second-order valence-corrected chi connectivity index (χ2v) is 2.97. The van der Waals surface area contributed by atoms with E-state index in [0.29, 0.717) is 13.0 Å². The standard InChI is InChI=1S/C11H17NO2/c1-2-3-10-14-11(13)8-6-4-5-7-9-12/h6,8H,2-5,7,10H2,1H3/b8-6+. The van der Waals surface area contributed by atoms with Crippen molar-refractivity contribution < 1.29 is 9.53 Å². The van der Waals surface area contributed by atoms with Crippen molar-refractivity contribution in [1.29, 1.82) is 5.26 Å². The molecule has 0 rings (SSSR count). The van der Waals surface area contributed by atoms with Gasteiger partial charge in [0.2, 0.25) is 0 Å². The molecule has 14 heavy (non-hydrogen) atoms. The molecule has 3 nitrogen and oxygen atoms in total. The first-order valence-corrected chi connectivity index (χ1v) is 5.01. The zero-order chi connectivity index (χ0) is 10.6. The van der Waals surface area contributed by atoms with Crippen molar-refractivity contribution in [2.45, 2.75) is 39.0 Å². The summed E-state index contributed by atoms with van der Waals surface area (Å²) in [6.07, 6.45) is 7.23. The van der Waals surface area contributed by atoms with Crippen LogP contribution in [0, 0.1) is 11.3 Å². The Morgan fingerprint density at radius 1 is 1.50 bits per heavy atom. The molecule has 0 radical (unpaired) electrons. The maximum absolute atomic E-state index is 11.0. The molecule has 0 aliphatic heterocycles. The van der Waals surface area contributed by atoms with Gasteiger partial charge in [-0.2, -0.15) is 5.26 Å². The average molecular weight is 195 g/mol. The Bertz CT molecular complexity index is 216. The summed E-state index contributed by atoms with van der Waals surface area (Å²) < 4.78 is 4.90. The minimum absolute atomic E-state index is 0.282. The highest BCUT2D eigenvalue weighted by atomic mass is 16.5. The van der Waals surface area contributed by atoms with Crippen LogP contribution < -0.4 is 0 Å². The number of unbranched alkanes of at least 4 members (excludes halogenated alkanes) is 3. The van der Waals surface area contributed by atoms with Crippen molar-refractivity contribution in [3.8, 4) is 6.07 Å². The summed E-state index contributed by atoms with van der Waals surface area (Å²) in [7, 11) is 0. The second-order valence-electron chi connectivity index (χ2n) is 2.97. The first kappa shape index (κ1) is 12.7. The Kier molecular flexibility index (Phi) is 8.88. The lowest BCUT2D eigenvalue weighted by atomic mass is 10.2. The van der Waals surface area contributed by atoms with Gasteiger partial charge in [0.15, 0.2) is 0 Å². The molecule has 0 N–H and O–H groups in total. The maximum Gasteiger partial charge on any atom is 0.330 e. The lowest BCUT2D eigenvalue weighted by Gasteiger charge is -1.98. The van der Waals surface area contributed by atoms with Gasteiger partial charge in [0.25, 0.3) is 0 Å². The molecule has 0 atom stereocenters. The molecule has 0 aromatic heterocycles. The van der Waals surface area contributed by atoms with E-state index in [-0.39, 0.29) is 5.97 Å². The summed E-state index contributed by atoms with van der Waals surface area (Å²) >= 11 is 0. The fourth-order valence-electron chi connectivity index (χ4n) is 0.844. The van der Waals surface area contributed by atoms with E-state index in [1.54, 1.807) is 6.08 Å². The molecule has 0 spiro atoms. The summed E-state index contributed by atoms with van der Waals surface area (Å²) in [4.78, 5) is 11.0. The first-order valence-electron chi connectivity index (χ1n) is 5.01. The third-order valence-corrected chi connectivity index (χ3v) is 1.66. The van der Waals surface area contributed by atoms with Gasteiger partial charge in [-0.25, -0.2) is 4.79 Å². The second kappa shape index (κ2) is 9.79. The molecule has 3 heteroatoms. The van der Waals surface area contributed by atoms with Crippen molar-refractivity contribution in [3.63, 3.8) is 0 Å². The van der Waals surface area contributed by atoms with E-state index < -0.39 is 0 Å². The Morgan fingerprint density at radius 3 is 2.93 bits per heavy atom. The zero-order valence-corrected chi connectivity index (χ0v) is 8.66. The smallest absolute Gasteiger partial charge is 0.330 e. The molecular formula is C11H17NO2. The number of esters is 1. The number of carbonyl (C=O) groups is 1. The van der Waals surface area contributed by atoms with Crippen LogP contribution in [0.3, 0.4) is 0 Å². The summed E-state index contributed by atoms with van der Waals surface area (Å²) in [6, 6.07) is 2.05. The van der Waals surface area contributed by atoms with Crippen molar-refractivity contribution in [2.75, 3.05) is 6.61 Å². The molecule has 0 saturated heterocycles. The van der Waals surface area contributed by atoms with Gasteiger partial charge in [0.1, 0.15) is 0 Å². The van der Waals surface area contributed by atoms with Crippen LogP contribution in [-0.4, -0.2) is 12.6 Å². The highest BCUT2D eigenvalue weighted by Gasteiger charge is 1.94. The zero-order valence-electron chi connectivity index (χ0n) is 8.66. The molecule has 0 unspecified atom stereocenters. The summed E-state index contributed by atoms with van der Waals surface area (Å²) in [5.74, 6) is -0.282. The van der Waals surface area contributed by atoms with Crippen molar-refractivity contribution in [2.24, 2.45) is 0 Å². The van der Waals surface area contributed by atoms with Crippen LogP contribution in [0.2, 0.25) is 0 Å². The van der Waals surface area contributed by atoms with Gasteiger partial charge in [-0.05, 0) is 19.3 Å². The molecular weight excluding hydrogens is 178 g/mol. The number of carbonyl (C=O) groups excluding carboxylic acids is 1. The topological polar surface area (TPSA) is 50.1 Å². The summed E-state index contributed by atoms with van der Waals surface area (Å²) in [6.45, 7) is 2.55. The largest absolute Gasteiger partial charge is 0.463 e. The van der Waals surface area contributed by atoms with Crippen molar-refractivity contribution >= 4 is 5.97 Å². The van der Waals surface area contributed by atoms with Crippen LogP contribution in [0.25, 0.3) is 0 Å². The molecule has 0 fully saturated rings. The summed E-state index contributed by atoms with van der Waals surface area (Å²) in [5, 5.41) is 8.25. The fourth-order valence-corrected chi connectivity index (χ4v) is 0.844. The van der Waals surface area contributed by atoms with Crippen molar-refractivity contribution in [1.82, 2.24) is 0 Å². The molecule has 0 aliphatic rings. The van der Waals surface area contributed by atoms with E-state index in [2.05, 4.69) is 0 Å². The monoisotopic (exact) mass is 195 g/mol. The van der Waals surface area contributed by atoms with E-state index in [1.807, 2.05) is 13.0 Å². The highest BCUT2D eigenvalue weighted by Crippen LogP contribution is 1.96. The Hall–Kier alpha value is -1.30. The van der Waals surface area contributed by atoms with E-state index in [1.165, 1.54) is 6.08 Å². The fraction of sp³-hybridized carbons (Fsp3) is 0.636. The van der Waals surface area contributed by atoms with Crippen LogP contribution >= 0.6 is 0 Å². The minimum Gasteiger partial charge on any atom is -0.463 e. The normalized spacial score (nSPS) is 10.0. The molecule has 0 saturated carbocycles. The number of ether oxygens (including phenoxy) is 1. The Balaban J connectivity index is 3.37. The summed E-state index contributed by atoms with van der Waals surface area (Å²) in [5.41, 5.74) is 0. The molecule has 0 heterocycles. The molecule has 0 amide bonds. The SMILES string of the molecule is CCCCOC(=O)/C=C/CCCC#N. The Labute approximate surface area is 85.4 Å². The van der Waals surface area contributed by atoms with Gasteiger partial charge < -0.3 is 4.74 Å². The third-order valence-electron chi connectivity index (χ3n) is 1.66. The average Bonchev–Trinajstić information content (AvgIpc) is 2.18. The van der Waals surface area contributed by atoms with Crippen molar-refractivity contribution in [3.05, 3.63) is 12.2 Å². The Morgan fingerprint density at radius 2 is 2.29 bits per heavy atom.